The summed E-state index contributed by atoms with van der Waals surface area (Å²) < 4.78 is 14.3. The van der Waals surface area contributed by atoms with Crippen molar-refractivity contribution in [2.75, 3.05) is 13.1 Å². The number of carbonyl (C=O) groups is 1. The summed E-state index contributed by atoms with van der Waals surface area (Å²) in [5.74, 6) is -0.470. The third kappa shape index (κ3) is 4.16. The summed E-state index contributed by atoms with van der Waals surface area (Å²) >= 11 is 3.25. The van der Waals surface area contributed by atoms with E-state index in [1.807, 2.05) is 0 Å². The summed E-state index contributed by atoms with van der Waals surface area (Å²) in [5.41, 5.74) is 0.0927. The Morgan fingerprint density at radius 2 is 2.26 bits per heavy atom. The predicted molar refractivity (Wildman–Crippen MR) is 79.3 cm³/mol. The zero-order chi connectivity index (χ0) is 13.1. The van der Waals surface area contributed by atoms with E-state index in [0.29, 0.717) is 10.4 Å². The highest BCUT2D eigenvalue weighted by Gasteiger charge is 2.24. The molecule has 1 aromatic carbocycles. The number of benzene rings is 1. The van der Waals surface area contributed by atoms with Gasteiger partial charge in [0, 0.05) is 10.5 Å². The summed E-state index contributed by atoms with van der Waals surface area (Å²) in [6.45, 7) is 3.84. The molecule has 1 fully saturated rings. The summed E-state index contributed by atoms with van der Waals surface area (Å²) in [4.78, 5) is 12.0. The summed E-state index contributed by atoms with van der Waals surface area (Å²) in [6, 6.07) is 4.50. The number of nitrogens with one attached hydrogen (secondary N) is 2. The van der Waals surface area contributed by atoms with Crippen molar-refractivity contribution < 1.29 is 9.18 Å². The van der Waals surface area contributed by atoms with Crippen molar-refractivity contribution in [3.05, 3.63) is 34.1 Å². The van der Waals surface area contributed by atoms with Crippen molar-refractivity contribution in [1.82, 2.24) is 10.6 Å². The maximum absolute atomic E-state index is 13.6. The molecule has 106 valence electrons. The molecule has 1 aromatic rings. The largest absolute Gasteiger partial charge is 0.349 e. The number of carbonyl (C=O) groups excluding carboxylic acids is 1. The van der Waals surface area contributed by atoms with Crippen molar-refractivity contribution >= 4 is 34.2 Å². The van der Waals surface area contributed by atoms with Crippen LogP contribution < -0.4 is 10.6 Å². The maximum atomic E-state index is 13.6. The highest BCUT2D eigenvalue weighted by atomic mass is 79.9. The first-order valence-corrected chi connectivity index (χ1v) is 6.84. The van der Waals surface area contributed by atoms with Crippen LogP contribution in [0, 0.1) is 11.7 Å². The van der Waals surface area contributed by atoms with E-state index in [4.69, 9.17) is 0 Å². The SMILES string of the molecule is CC1CNCCC1NC(=O)c1cc(Br)ccc1F.Cl. The van der Waals surface area contributed by atoms with Gasteiger partial charge in [0.1, 0.15) is 5.82 Å². The second-order valence-electron chi connectivity index (χ2n) is 4.67. The van der Waals surface area contributed by atoms with E-state index < -0.39 is 5.82 Å². The van der Waals surface area contributed by atoms with Crippen molar-refractivity contribution in [2.45, 2.75) is 19.4 Å². The predicted octanol–water partition coefficient (Wildman–Crippen LogP) is 2.74. The second kappa shape index (κ2) is 7.22. The van der Waals surface area contributed by atoms with Crippen LogP contribution in [-0.2, 0) is 0 Å². The molecule has 2 atom stereocenters. The van der Waals surface area contributed by atoms with Gasteiger partial charge in [-0.2, -0.15) is 0 Å². The molecular weight excluding hydrogens is 335 g/mol. The Bertz CT molecular complexity index is 458. The molecule has 1 aliphatic heterocycles. The molecule has 0 bridgehead atoms. The highest BCUT2D eigenvalue weighted by molar-refractivity contribution is 9.10. The van der Waals surface area contributed by atoms with Crippen molar-refractivity contribution in [3.63, 3.8) is 0 Å². The lowest BCUT2D eigenvalue weighted by molar-refractivity contribution is 0.0910. The maximum Gasteiger partial charge on any atom is 0.254 e. The minimum atomic E-state index is -0.489. The minimum absolute atomic E-state index is 0. The fraction of sp³-hybridized carbons (Fsp3) is 0.462. The topological polar surface area (TPSA) is 41.1 Å². The molecule has 3 nitrogen and oxygen atoms in total. The first kappa shape index (κ1) is 16.4. The fourth-order valence-corrected chi connectivity index (χ4v) is 2.51. The molecule has 2 N–H and O–H groups in total. The summed E-state index contributed by atoms with van der Waals surface area (Å²) in [5, 5.41) is 6.18. The molecule has 1 amide bonds. The molecule has 0 aromatic heterocycles. The van der Waals surface area contributed by atoms with Crippen LogP contribution in [0.25, 0.3) is 0 Å². The normalized spacial score (nSPS) is 22.5. The van der Waals surface area contributed by atoms with Crippen LogP contribution in [-0.4, -0.2) is 25.0 Å². The first-order chi connectivity index (χ1) is 8.58. The molecule has 19 heavy (non-hydrogen) atoms. The van der Waals surface area contributed by atoms with Crippen LogP contribution in [0.1, 0.15) is 23.7 Å². The molecule has 0 radical (unpaired) electrons. The molecule has 1 saturated heterocycles. The number of amides is 1. The average molecular weight is 352 g/mol. The standard InChI is InChI=1S/C13H16BrFN2O.ClH/c1-8-7-16-5-4-12(8)17-13(18)10-6-9(14)2-3-11(10)15;/h2-3,6,8,12,16H,4-5,7H2,1H3,(H,17,18);1H. The van der Waals surface area contributed by atoms with E-state index in [-0.39, 0.29) is 29.9 Å². The molecule has 1 heterocycles. The number of hydrogen-bond acceptors (Lipinski definition) is 2. The van der Waals surface area contributed by atoms with Gasteiger partial charge in [-0.05, 0) is 43.6 Å². The summed E-state index contributed by atoms with van der Waals surface area (Å²) in [6.07, 6.45) is 0.878. The zero-order valence-electron chi connectivity index (χ0n) is 10.6. The van der Waals surface area contributed by atoms with Crippen LogP contribution in [0.5, 0.6) is 0 Å². The van der Waals surface area contributed by atoms with Gasteiger partial charge >= 0.3 is 0 Å². The minimum Gasteiger partial charge on any atom is -0.349 e. The van der Waals surface area contributed by atoms with Gasteiger partial charge in [0.25, 0.3) is 5.91 Å². The molecule has 0 spiro atoms. The number of hydrogen-bond donors (Lipinski definition) is 2. The fourth-order valence-electron chi connectivity index (χ4n) is 2.15. The Morgan fingerprint density at radius 1 is 1.53 bits per heavy atom. The Morgan fingerprint density at radius 3 is 2.95 bits per heavy atom. The molecular formula is C13H17BrClFN2O. The number of halogens is 3. The Balaban J connectivity index is 0.00000180. The van der Waals surface area contributed by atoms with E-state index in [0.717, 1.165) is 19.5 Å². The van der Waals surface area contributed by atoms with Crippen LogP contribution >= 0.6 is 28.3 Å². The van der Waals surface area contributed by atoms with Gasteiger partial charge < -0.3 is 10.6 Å². The monoisotopic (exact) mass is 350 g/mol. The molecule has 2 rings (SSSR count). The Hall–Kier alpha value is -0.650. The lowest BCUT2D eigenvalue weighted by Gasteiger charge is -2.30. The number of rotatable bonds is 2. The number of piperidine rings is 1. The first-order valence-electron chi connectivity index (χ1n) is 6.04. The van der Waals surface area contributed by atoms with Gasteiger partial charge in [0.15, 0.2) is 0 Å². The molecule has 0 saturated carbocycles. The summed E-state index contributed by atoms with van der Waals surface area (Å²) in [7, 11) is 0. The Labute approximate surface area is 126 Å². The second-order valence-corrected chi connectivity index (χ2v) is 5.59. The van der Waals surface area contributed by atoms with Crippen LogP contribution in [0.4, 0.5) is 4.39 Å². The lowest BCUT2D eigenvalue weighted by Crippen LogP contribution is -2.48. The van der Waals surface area contributed by atoms with Gasteiger partial charge in [0.05, 0.1) is 5.56 Å². The third-order valence-electron chi connectivity index (χ3n) is 3.27. The lowest BCUT2D eigenvalue weighted by atomic mass is 9.95. The van der Waals surface area contributed by atoms with Crippen LogP contribution in [0.3, 0.4) is 0 Å². The van der Waals surface area contributed by atoms with E-state index in [1.165, 1.54) is 12.1 Å². The molecule has 0 aliphatic carbocycles. The quantitative estimate of drug-likeness (QED) is 0.860. The van der Waals surface area contributed by atoms with Crippen molar-refractivity contribution in [3.8, 4) is 0 Å². The van der Waals surface area contributed by atoms with Gasteiger partial charge in [0.2, 0.25) is 0 Å². The smallest absolute Gasteiger partial charge is 0.254 e. The highest BCUT2D eigenvalue weighted by Crippen LogP contribution is 2.17. The molecule has 6 heteroatoms. The van der Waals surface area contributed by atoms with Gasteiger partial charge in [-0.25, -0.2) is 4.39 Å². The van der Waals surface area contributed by atoms with Gasteiger partial charge in [-0.3, -0.25) is 4.79 Å². The van der Waals surface area contributed by atoms with Gasteiger partial charge in [-0.15, -0.1) is 12.4 Å². The van der Waals surface area contributed by atoms with E-state index in [1.54, 1.807) is 6.07 Å². The van der Waals surface area contributed by atoms with E-state index in [2.05, 4.69) is 33.5 Å². The van der Waals surface area contributed by atoms with E-state index >= 15 is 0 Å². The van der Waals surface area contributed by atoms with Crippen LogP contribution in [0.15, 0.2) is 22.7 Å². The zero-order valence-corrected chi connectivity index (χ0v) is 13.0. The van der Waals surface area contributed by atoms with E-state index in [9.17, 15) is 9.18 Å². The van der Waals surface area contributed by atoms with Crippen LogP contribution in [0.2, 0.25) is 0 Å². The Kier molecular flexibility index (Phi) is 6.23. The van der Waals surface area contributed by atoms with Crippen molar-refractivity contribution in [1.29, 1.82) is 0 Å². The molecule has 2 unspecified atom stereocenters. The van der Waals surface area contributed by atoms with Gasteiger partial charge in [-0.1, -0.05) is 22.9 Å². The average Bonchev–Trinajstić information content (AvgIpc) is 2.35. The van der Waals surface area contributed by atoms with Crippen molar-refractivity contribution in [2.24, 2.45) is 5.92 Å². The molecule has 1 aliphatic rings. The third-order valence-corrected chi connectivity index (χ3v) is 3.77.